The number of carbonyl (C=O) groups excluding carboxylic acids is 1. The second-order valence-corrected chi connectivity index (χ2v) is 5.27. The first kappa shape index (κ1) is 14.5. The normalized spacial score (nSPS) is 23.1. The summed E-state index contributed by atoms with van der Waals surface area (Å²) in [6, 6.07) is 10.3. The molecule has 0 radical (unpaired) electrons. The predicted octanol–water partition coefficient (Wildman–Crippen LogP) is 2.10. The quantitative estimate of drug-likeness (QED) is 0.624. The van der Waals surface area contributed by atoms with Crippen molar-refractivity contribution in [3.05, 3.63) is 35.4 Å². The molecule has 0 N–H and O–H groups in total. The lowest BCUT2D eigenvalue weighted by atomic mass is 9.79. The largest absolute Gasteiger partial charge is 0.469 e. The molecule has 1 aromatic rings. The van der Waals surface area contributed by atoms with Gasteiger partial charge in [-0.1, -0.05) is 24.3 Å². The summed E-state index contributed by atoms with van der Waals surface area (Å²) in [5, 5.41) is 8.87. The number of benzene rings is 1. The molecular weight excluding hydrogens is 252 g/mol. The Morgan fingerprint density at radius 3 is 2.90 bits per heavy atom. The highest BCUT2D eigenvalue weighted by atomic mass is 16.5. The van der Waals surface area contributed by atoms with E-state index in [1.54, 1.807) is 0 Å². The zero-order valence-electron chi connectivity index (χ0n) is 12.0. The summed E-state index contributed by atoms with van der Waals surface area (Å²) < 4.78 is 4.95. The van der Waals surface area contributed by atoms with Crippen LogP contribution in [0.2, 0.25) is 0 Å². The average molecular weight is 272 g/mol. The van der Waals surface area contributed by atoms with Gasteiger partial charge in [-0.05, 0) is 24.5 Å². The van der Waals surface area contributed by atoms with E-state index in [0.717, 1.165) is 19.5 Å². The van der Waals surface area contributed by atoms with E-state index in [0.29, 0.717) is 6.54 Å². The van der Waals surface area contributed by atoms with Crippen molar-refractivity contribution in [3.63, 3.8) is 0 Å². The van der Waals surface area contributed by atoms with Crippen LogP contribution in [0.25, 0.3) is 0 Å². The van der Waals surface area contributed by atoms with Crippen LogP contribution in [0.15, 0.2) is 24.3 Å². The van der Waals surface area contributed by atoms with Crippen LogP contribution in [0, 0.1) is 24.2 Å². The summed E-state index contributed by atoms with van der Waals surface area (Å²) in [5.74, 6) is -0.156. The van der Waals surface area contributed by atoms with Crippen molar-refractivity contribution in [2.24, 2.45) is 5.92 Å². The lowest BCUT2D eigenvalue weighted by Gasteiger charge is -2.37. The molecule has 1 aromatic carbocycles. The molecule has 1 saturated heterocycles. The van der Waals surface area contributed by atoms with Gasteiger partial charge in [0.15, 0.2) is 0 Å². The number of rotatable bonds is 3. The van der Waals surface area contributed by atoms with Crippen LogP contribution in [-0.2, 0) is 9.53 Å². The maximum absolute atomic E-state index is 12.0. The summed E-state index contributed by atoms with van der Waals surface area (Å²) in [6.07, 6.45) is 0.743. The fourth-order valence-corrected chi connectivity index (χ4v) is 3.01. The molecule has 1 heterocycles. The molecule has 4 heteroatoms. The van der Waals surface area contributed by atoms with Gasteiger partial charge in [-0.2, -0.15) is 5.26 Å². The Morgan fingerprint density at radius 2 is 2.25 bits per heavy atom. The molecule has 0 spiro atoms. The monoisotopic (exact) mass is 272 g/mol. The van der Waals surface area contributed by atoms with Crippen LogP contribution in [0.1, 0.15) is 23.5 Å². The highest BCUT2D eigenvalue weighted by molar-refractivity contribution is 5.74. The van der Waals surface area contributed by atoms with E-state index in [4.69, 9.17) is 10.00 Å². The molecule has 1 aliphatic heterocycles. The van der Waals surface area contributed by atoms with Gasteiger partial charge in [0.1, 0.15) is 0 Å². The topological polar surface area (TPSA) is 53.3 Å². The minimum Gasteiger partial charge on any atom is -0.469 e. The molecule has 2 unspecified atom stereocenters. The molecule has 2 atom stereocenters. The third-order valence-corrected chi connectivity index (χ3v) is 4.08. The van der Waals surface area contributed by atoms with E-state index in [1.165, 1.54) is 18.2 Å². The van der Waals surface area contributed by atoms with E-state index >= 15 is 0 Å². The standard InChI is InChI=1S/C16H20N2O2/c1-12-5-3-4-6-13(12)15-11-18(10-8-17)9-7-14(15)16(19)20-2/h3-6,14-15H,7,9-11H2,1-2H3. The number of esters is 1. The number of aryl methyl sites for hydroxylation is 1. The molecule has 0 aliphatic carbocycles. The summed E-state index contributed by atoms with van der Waals surface area (Å²) >= 11 is 0. The fraction of sp³-hybridized carbons (Fsp3) is 0.500. The number of hydrogen-bond acceptors (Lipinski definition) is 4. The van der Waals surface area contributed by atoms with Crippen LogP contribution < -0.4 is 0 Å². The van der Waals surface area contributed by atoms with Gasteiger partial charge in [-0.25, -0.2) is 0 Å². The molecule has 1 fully saturated rings. The molecule has 0 aromatic heterocycles. The number of nitrogens with zero attached hydrogens (tertiary/aromatic N) is 2. The Kier molecular flexibility index (Phi) is 4.75. The van der Waals surface area contributed by atoms with Gasteiger partial charge in [-0.3, -0.25) is 9.69 Å². The molecule has 0 saturated carbocycles. The third-order valence-electron chi connectivity index (χ3n) is 4.08. The third kappa shape index (κ3) is 3.00. The Hall–Kier alpha value is -1.86. The molecule has 2 rings (SSSR count). The molecule has 0 amide bonds. The SMILES string of the molecule is COC(=O)C1CCN(CC#N)CC1c1ccccc1C. The lowest BCUT2D eigenvalue weighted by Crippen LogP contribution is -2.42. The first-order valence-electron chi connectivity index (χ1n) is 6.90. The average Bonchev–Trinajstić information content (AvgIpc) is 2.47. The minimum absolute atomic E-state index is 0.103. The lowest BCUT2D eigenvalue weighted by molar-refractivity contribution is -0.147. The Labute approximate surface area is 120 Å². The summed E-state index contributed by atoms with van der Waals surface area (Å²) in [5.41, 5.74) is 2.37. The molecular formula is C16H20N2O2. The first-order chi connectivity index (χ1) is 9.67. The number of methoxy groups -OCH3 is 1. The van der Waals surface area contributed by atoms with Crippen LogP contribution in [-0.4, -0.2) is 37.6 Å². The maximum atomic E-state index is 12.0. The van der Waals surface area contributed by atoms with E-state index in [1.807, 2.05) is 12.1 Å². The molecule has 106 valence electrons. The van der Waals surface area contributed by atoms with Crippen molar-refractivity contribution in [1.82, 2.24) is 4.90 Å². The number of carbonyl (C=O) groups is 1. The highest BCUT2D eigenvalue weighted by Crippen LogP contribution is 2.34. The fourth-order valence-electron chi connectivity index (χ4n) is 3.01. The zero-order chi connectivity index (χ0) is 14.5. The minimum atomic E-state index is -0.144. The van der Waals surface area contributed by atoms with Crippen LogP contribution in [0.5, 0.6) is 0 Å². The van der Waals surface area contributed by atoms with Gasteiger partial charge in [0.25, 0.3) is 0 Å². The van der Waals surface area contributed by atoms with Crippen molar-refractivity contribution in [2.75, 3.05) is 26.7 Å². The zero-order valence-corrected chi connectivity index (χ0v) is 12.0. The number of ether oxygens (including phenoxy) is 1. The summed E-state index contributed by atoms with van der Waals surface area (Å²) in [7, 11) is 1.44. The highest BCUT2D eigenvalue weighted by Gasteiger charge is 2.36. The van der Waals surface area contributed by atoms with E-state index < -0.39 is 0 Å². The maximum Gasteiger partial charge on any atom is 0.309 e. The van der Waals surface area contributed by atoms with Crippen molar-refractivity contribution < 1.29 is 9.53 Å². The second-order valence-electron chi connectivity index (χ2n) is 5.27. The molecule has 4 nitrogen and oxygen atoms in total. The van der Waals surface area contributed by atoms with Crippen molar-refractivity contribution in [2.45, 2.75) is 19.3 Å². The summed E-state index contributed by atoms with van der Waals surface area (Å²) in [4.78, 5) is 14.1. The van der Waals surface area contributed by atoms with Crippen molar-refractivity contribution in [1.29, 1.82) is 5.26 Å². The second kappa shape index (κ2) is 6.53. The Balaban J connectivity index is 2.29. The molecule has 20 heavy (non-hydrogen) atoms. The van der Waals surface area contributed by atoms with Gasteiger partial charge in [-0.15, -0.1) is 0 Å². The number of piperidine rings is 1. The van der Waals surface area contributed by atoms with Crippen molar-refractivity contribution in [3.8, 4) is 6.07 Å². The predicted molar refractivity (Wildman–Crippen MR) is 76.1 cm³/mol. The molecule has 0 bridgehead atoms. The van der Waals surface area contributed by atoms with Gasteiger partial charge in [0.2, 0.25) is 0 Å². The molecule has 1 aliphatic rings. The van der Waals surface area contributed by atoms with Crippen molar-refractivity contribution >= 4 is 5.97 Å². The van der Waals surface area contributed by atoms with Crippen LogP contribution in [0.4, 0.5) is 0 Å². The van der Waals surface area contributed by atoms with Gasteiger partial charge >= 0.3 is 5.97 Å². The first-order valence-corrected chi connectivity index (χ1v) is 6.90. The Morgan fingerprint density at radius 1 is 1.50 bits per heavy atom. The van der Waals surface area contributed by atoms with E-state index in [-0.39, 0.29) is 17.8 Å². The van der Waals surface area contributed by atoms with Crippen LogP contribution >= 0.6 is 0 Å². The number of likely N-dealkylation sites (tertiary alicyclic amines) is 1. The smallest absolute Gasteiger partial charge is 0.309 e. The van der Waals surface area contributed by atoms with Gasteiger partial charge in [0, 0.05) is 19.0 Å². The number of hydrogen-bond donors (Lipinski definition) is 0. The van der Waals surface area contributed by atoms with Gasteiger partial charge in [0.05, 0.1) is 25.6 Å². The Bertz CT molecular complexity index is 521. The summed E-state index contributed by atoms with van der Waals surface area (Å²) in [6.45, 7) is 3.98. The van der Waals surface area contributed by atoms with E-state index in [2.05, 4.69) is 30.0 Å². The number of nitriles is 1. The van der Waals surface area contributed by atoms with E-state index in [9.17, 15) is 4.79 Å². The van der Waals surface area contributed by atoms with Crippen LogP contribution in [0.3, 0.4) is 0 Å². The van der Waals surface area contributed by atoms with Gasteiger partial charge < -0.3 is 4.74 Å².